The number of piperazine rings is 1. The number of hydrogen-bond donors (Lipinski definition) is 2. The Morgan fingerprint density at radius 1 is 1.43 bits per heavy atom. The molecule has 2 heterocycles. The van der Waals surface area contributed by atoms with Crippen LogP contribution in [0, 0.1) is 0 Å². The van der Waals surface area contributed by atoms with Gasteiger partial charge in [0.1, 0.15) is 4.88 Å². The summed E-state index contributed by atoms with van der Waals surface area (Å²) < 4.78 is 6.13. The number of anilines is 2. The van der Waals surface area contributed by atoms with Crippen molar-refractivity contribution in [1.82, 2.24) is 5.32 Å². The molecule has 0 unspecified atom stereocenters. The Balaban J connectivity index is 2.07. The zero-order chi connectivity index (χ0) is 14.8. The van der Waals surface area contributed by atoms with E-state index in [-0.39, 0.29) is 5.97 Å². The van der Waals surface area contributed by atoms with Crippen molar-refractivity contribution < 1.29 is 9.53 Å². The third kappa shape index (κ3) is 2.56. The molecule has 0 aliphatic carbocycles. The van der Waals surface area contributed by atoms with Crippen LogP contribution in [0.5, 0.6) is 0 Å². The molecule has 1 aliphatic heterocycles. The first-order valence-electron chi connectivity index (χ1n) is 7.16. The smallest absolute Gasteiger partial charge is 0.350 e. The second-order valence-corrected chi connectivity index (χ2v) is 6.00. The van der Waals surface area contributed by atoms with Gasteiger partial charge in [0.2, 0.25) is 0 Å². The first kappa shape index (κ1) is 14.2. The van der Waals surface area contributed by atoms with E-state index in [9.17, 15) is 4.79 Å². The van der Waals surface area contributed by atoms with Crippen molar-refractivity contribution >= 4 is 38.8 Å². The molecule has 1 aromatic carbocycles. The van der Waals surface area contributed by atoms with Crippen LogP contribution in [0.2, 0.25) is 0 Å². The highest BCUT2D eigenvalue weighted by Crippen LogP contribution is 2.40. The molecule has 6 heteroatoms. The first-order valence-corrected chi connectivity index (χ1v) is 7.97. The van der Waals surface area contributed by atoms with Gasteiger partial charge in [-0.3, -0.25) is 0 Å². The van der Waals surface area contributed by atoms with E-state index in [0.29, 0.717) is 17.2 Å². The Morgan fingerprint density at radius 2 is 2.19 bits per heavy atom. The summed E-state index contributed by atoms with van der Waals surface area (Å²) in [7, 11) is 0. The van der Waals surface area contributed by atoms with Gasteiger partial charge < -0.3 is 20.7 Å². The van der Waals surface area contributed by atoms with Crippen LogP contribution in [-0.4, -0.2) is 38.8 Å². The Hall–Kier alpha value is -1.79. The maximum atomic E-state index is 12.0. The van der Waals surface area contributed by atoms with E-state index < -0.39 is 0 Å². The summed E-state index contributed by atoms with van der Waals surface area (Å²) >= 11 is 1.41. The molecule has 5 nitrogen and oxygen atoms in total. The van der Waals surface area contributed by atoms with Crippen molar-refractivity contribution in [3.63, 3.8) is 0 Å². The Bertz CT molecular complexity index is 662. The standard InChI is InChI=1S/C15H19N3O2S/c1-2-20-15(19)14-13(16)12-10(4-3-5-11(12)21-14)18-8-6-17-7-9-18/h3-5,17H,2,6-9,16H2,1H3. The molecule has 1 fully saturated rings. The Kier molecular flexibility index (Phi) is 3.98. The lowest BCUT2D eigenvalue weighted by Crippen LogP contribution is -2.43. The number of esters is 1. The molecule has 21 heavy (non-hydrogen) atoms. The molecule has 1 aliphatic rings. The van der Waals surface area contributed by atoms with Crippen LogP contribution in [-0.2, 0) is 4.74 Å². The molecule has 0 bridgehead atoms. The van der Waals surface area contributed by atoms with E-state index in [4.69, 9.17) is 10.5 Å². The van der Waals surface area contributed by atoms with E-state index in [0.717, 1.165) is 42.0 Å². The predicted octanol–water partition coefficient (Wildman–Crippen LogP) is 2.07. The summed E-state index contributed by atoms with van der Waals surface area (Å²) in [5, 5.41) is 4.32. The normalized spacial score (nSPS) is 15.4. The number of hydrogen-bond acceptors (Lipinski definition) is 6. The molecule has 1 aromatic heterocycles. The van der Waals surface area contributed by atoms with Crippen LogP contribution >= 0.6 is 11.3 Å². The molecule has 3 N–H and O–H groups in total. The van der Waals surface area contributed by atoms with E-state index >= 15 is 0 Å². The minimum atomic E-state index is -0.331. The third-order valence-electron chi connectivity index (χ3n) is 3.65. The average molecular weight is 305 g/mol. The second-order valence-electron chi connectivity index (χ2n) is 4.95. The van der Waals surface area contributed by atoms with Gasteiger partial charge in [0.15, 0.2) is 0 Å². The van der Waals surface area contributed by atoms with E-state index in [1.165, 1.54) is 11.3 Å². The number of benzene rings is 1. The summed E-state index contributed by atoms with van der Waals surface area (Å²) in [6, 6.07) is 6.10. The van der Waals surface area contributed by atoms with E-state index in [1.807, 2.05) is 12.1 Å². The van der Waals surface area contributed by atoms with Gasteiger partial charge in [-0.15, -0.1) is 11.3 Å². The zero-order valence-electron chi connectivity index (χ0n) is 12.0. The fourth-order valence-electron chi connectivity index (χ4n) is 2.67. The summed E-state index contributed by atoms with van der Waals surface area (Å²) in [6.07, 6.45) is 0. The van der Waals surface area contributed by atoms with Gasteiger partial charge in [-0.1, -0.05) is 6.07 Å². The number of nitrogens with one attached hydrogen (secondary N) is 1. The lowest BCUT2D eigenvalue weighted by molar-refractivity contribution is 0.0533. The molecule has 0 radical (unpaired) electrons. The maximum absolute atomic E-state index is 12.0. The van der Waals surface area contributed by atoms with Gasteiger partial charge in [-0.05, 0) is 19.1 Å². The molecule has 0 spiro atoms. The first-order chi connectivity index (χ1) is 10.2. The molecular formula is C15H19N3O2S. The number of carbonyl (C=O) groups is 1. The van der Waals surface area contributed by atoms with Crippen LogP contribution in [0.15, 0.2) is 18.2 Å². The number of ether oxygens (including phenoxy) is 1. The van der Waals surface area contributed by atoms with E-state index in [2.05, 4.69) is 16.3 Å². The molecular weight excluding hydrogens is 286 g/mol. The third-order valence-corrected chi connectivity index (χ3v) is 4.80. The maximum Gasteiger partial charge on any atom is 0.350 e. The summed E-state index contributed by atoms with van der Waals surface area (Å²) in [6.45, 7) is 5.98. The number of carbonyl (C=O) groups excluding carboxylic acids is 1. The molecule has 0 atom stereocenters. The molecule has 1 saturated heterocycles. The summed E-state index contributed by atoms with van der Waals surface area (Å²) in [4.78, 5) is 14.8. The highest BCUT2D eigenvalue weighted by atomic mass is 32.1. The van der Waals surface area contributed by atoms with Gasteiger partial charge >= 0.3 is 5.97 Å². The fourth-order valence-corrected chi connectivity index (χ4v) is 3.71. The number of nitrogen functional groups attached to an aromatic ring is 1. The predicted molar refractivity (Wildman–Crippen MR) is 87.3 cm³/mol. The van der Waals surface area contributed by atoms with Crippen LogP contribution in [0.3, 0.4) is 0 Å². The monoisotopic (exact) mass is 305 g/mol. The largest absolute Gasteiger partial charge is 0.462 e. The number of nitrogens with zero attached hydrogens (tertiary/aromatic N) is 1. The van der Waals surface area contributed by atoms with Crippen molar-refractivity contribution in [2.45, 2.75) is 6.92 Å². The van der Waals surface area contributed by atoms with Crippen molar-refractivity contribution in [3.8, 4) is 0 Å². The van der Waals surface area contributed by atoms with Crippen molar-refractivity contribution in [2.75, 3.05) is 43.4 Å². The lowest BCUT2D eigenvalue weighted by Gasteiger charge is -2.30. The van der Waals surface area contributed by atoms with Gasteiger partial charge in [0.05, 0.1) is 12.3 Å². The van der Waals surface area contributed by atoms with Gasteiger partial charge in [-0.2, -0.15) is 0 Å². The molecule has 0 saturated carbocycles. The lowest BCUT2D eigenvalue weighted by atomic mass is 10.1. The minimum Gasteiger partial charge on any atom is -0.462 e. The minimum absolute atomic E-state index is 0.331. The fraction of sp³-hybridized carbons (Fsp3) is 0.400. The molecule has 112 valence electrons. The summed E-state index contributed by atoms with van der Waals surface area (Å²) in [5.41, 5.74) is 7.90. The SMILES string of the molecule is CCOC(=O)c1sc2cccc(N3CCNCC3)c2c1N. The Labute approximate surface area is 127 Å². The highest BCUT2D eigenvalue weighted by molar-refractivity contribution is 7.21. The zero-order valence-corrected chi connectivity index (χ0v) is 12.8. The summed E-state index contributed by atoms with van der Waals surface area (Å²) in [5.74, 6) is -0.331. The average Bonchev–Trinajstić information content (AvgIpc) is 2.86. The molecule has 0 amide bonds. The van der Waals surface area contributed by atoms with Crippen molar-refractivity contribution in [1.29, 1.82) is 0 Å². The number of nitrogens with two attached hydrogens (primary N) is 1. The molecule has 3 rings (SSSR count). The van der Waals surface area contributed by atoms with Crippen LogP contribution in [0.25, 0.3) is 10.1 Å². The van der Waals surface area contributed by atoms with Crippen molar-refractivity contribution in [3.05, 3.63) is 23.1 Å². The van der Waals surface area contributed by atoms with E-state index in [1.54, 1.807) is 6.92 Å². The van der Waals surface area contributed by atoms with Crippen LogP contribution in [0.4, 0.5) is 11.4 Å². The number of thiophene rings is 1. The van der Waals surface area contributed by atoms with Gasteiger partial charge in [-0.25, -0.2) is 4.79 Å². The van der Waals surface area contributed by atoms with Gasteiger partial charge in [0, 0.05) is 42.0 Å². The molecule has 2 aromatic rings. The highest BCUT2D eigenvalue weighted by Gasteiger charge is 2.22. The second kappa shape index (κ2) is 5.91. The van der Waals surface area contributed by atoms with Gasteiger partial charge in [0.25, 0.3) is 0 Å². The number of fused-ring (bicyclic) bond motifs is 1. The topological polar surface area (TPSA) is 67.6 Å². The van der Waals surface area contributed by atoms with Crippen molar-refractivity contribution in [2.24, 2.45) is 0 Å². The van der Waals surface area contributed by atoms with Crippen LogP contribution < -0.4 is 16.0 Å². The quantitative estimate of drug-likeness (QED) is 0.850. The Morgan fingerprint density at radius 3 is 2.90 bits per heavy atom. The van der Waals surface area contributed by atoms with Crippen LogP contribution in [0.1, 0.15) is 16.6 Å². The number of rotatable bonds is 3.